The Hall–Kier alpha value is -2.41. The van der Waals surface area contributed by atoms with Crippen LogP contribution in [-0.4, -0.2) is 34.9 Å². The number of urea groups is 1. The van der Waals surface area contributed by atoms with E-state index in [0.29, 0.717) is 24.7 Å². The monoisotopic (exact) mass is 429 g/mol. The number of hydrogen-bond donors (Lipinski definition) is 3. The molecule has 1 aromatic rings. The summed E-state index contributed by atoms with van der Waals surface area (Å²) in [4.78, 5) is 37.8. The molecular formula is C24H37N4O3+. The maximum absolute atomic E-state index is 12.8. The first-order valence-corrected chi connectivity index (χ1v) is 11.7. The Labute approximate surface area is 185 Å². The summed E-state index contributed by atoms with van der Waals surface area (Å²) in [5, 5.41) is 5.68. The van der Waals surface area contributed by atoms with Crippen LogP contribution in [0.1, 0.15) is 89.3 Å². The zero-order valence-corrected chi connectivity index (χ0v) is 19.2. The van der Waals surface area contributed by atoms with Gasteiger partial charge in [-0.15, -0.1) is 0 Å². The van der Waals surface area contributed by atoms with Crippen molar-refractivity contribution in [1.82, 2.24) is 15.8 Å². The highest BCUT2D eigenvalue weighted by atomic mass is 16.2. The number of benzene rings is 1. The van der Waals surface area contributed by atoms with Gasteiger partial charge in [0.25, 0.3) is 11.8 Å². The van der Waals surface area contributed by atoms with Gasteiger partial charge in [-0.05, 0) is 30.7 Å². The second-order valence-electron chi connectivity index (χ2n) is 9.43. The Balaban J connectivity index is 1.59. The van der Waals surface area contributed by atoms with Gasteiger partial charge >= 0.3 is 6.03 Å². The number of carbonyl (C=O) groups is 3. The predicted molar refractivity (Wildman–Crippen MR) is 119 cm³/mol. The maximum atomic E-state index is 12.8. The zero-order valence-electron chi connectivity index (χ0n) is 19.2. The number of nitrogens with zero attached hydrogens (tertiary/aromatic N) is 1. The third-order valence-electron chi connectivity index (χ3n) is 6.88. The van der Waals surface area contributed by atoms with Crippen LogP contribution >= 0.6 is 0 Å². The van der Waals surface area contributed by atoms with Gasteiger partial charge in [-0.25, -0.2) is 4.79 Å². The SMILES string of the molecule is CC[C@@H](C)c1ccc([C@H]([NH2+]CC(=O)NN2C(=O)NC3(CCCCC3)C2=O)C(C)C)cc1. The average molecular weight is 430 g/mol. The van der Waals surface area contributed by atoms with Crippen LogP contribution in [-0.2, 0) is 9.59 Å². The Morgan fingerprint density at radius 3 is 2.29 bits per heavy atom. The summed E-state index contributed by atoms with van der Waals surface area (Å²) < 4.78 is 0. The van der Waals surface area contributed by atoms with E-state index in [1.54, 1.807) is 0 Å². The molecule has 7 heteroatoms. The molecular weight excluding hydrogens is 392 g/mol. The third kappa shape index (κ3) is 5.09. The van der Waals surface area contributed by atoms with Gasteiger partial charge in [-0.2, -0.15) is 5.01 Å². The number of hydrazine groups is 1. The Morgan fingerprint density at radius 1 is 1.10 bits per heavy atom. The fourth-order valence-electron chi connectivity index (χ4n) is 4.70. The number of imide groups is 1. The molecule has 1 aliphatic heterocycles. The standard InChI is InChI=1S/C24H36N4O3/c1-5-17(4)18-9-11-19(12-10-18)21(16(2)3)25-15-20(29)27-28-22(30)24(26-23(28)31)13-7-6-8-14-24/h9-12,16-17,21,25H,5-8,13-15H2,1-4H3,(H,26,31)(H,27,29)/p+1/t17-,21-/m1/s1. The molecule has 1 aliphatic carbocycles. The lowest BCUT2D eigenvalue weighted by Gasteiger charge is -2.30. The van der Waals surface area contributed by atoms with E-state index >= 15 is 0 Å². The van der Waals surface area contributed by atoms with E-state index < -0.39 is 11.6 Å². The maximum Gasteiger partial charge on any atom is 0.344 e. The van der Waals surface area contributed by atoms with Crippen molar-refractivity contribution in [2.24, 2.45) is 5.92 Å². The molecule has 1 aromatic carbocycles. The first-order valence-electron chi connectivity index (χ1n) is 11.7. The highest BCUT2D eigenvalue weighted by Gasteiger charge is 2.52. The second-order valence-corrected chi connectivity index (χ2v) is 9.43. The topological polar surface area (TPSA) is 95.1 Å². The fourth-order valence-corrected chi connectivity index (χ4v) is 4.70. The molecule has 31 heavy (non-hydrogen) atoms. The molecule has 4 amide bonds. The van der Waals surface area contributed by atoms with Gasteiger partial charge in [0.2, 0.25) is 0 Å². The van der Waals surface area contributed by atoms with Crippen LogP contribution in [0.2, 0.25) is 0 Å². The van der Waals surface area contributed by atoms with Crippen LogP contribution in [0.5, 0.6) is 0 Å². The van der Waals surface area contributed by atoms with Gasteiger partial charge in [-0.3, -0.25) is 15.0 Å². The smallest absolute Gasteiger partial charge is 0.332 e. The number of nitrogens with two attached hydrogens (primary N) is 1. The van der Waals surface area contributed by atoms with Gasteiger partial charge in [0.05, 0.1) is 0 Å². The summed E-state index contributed by atoms with van der Waals surface area (Å²) in [6.45, 7) is 8.81. The molecule has 0 aromatic heterocycles. The summed E-state index contributed by atoms with van der Waals surface area (Å²) in [5.74, 6) is 0.173. The summed E-state index contributed by atoms with van der Waals surface area (Å²) in [6.07, 6.45) is 5.27. The normalized spacial score (nSPS) is 20.1. The van der Waals surface area contributed by atoms with Crippen molar-refractivity contribution in [1.29, 1.82) is 0 Å². The number of rotatable bonds is 8. The highest BCUT2D eigenvalue weighted by molar-refractivity contribution is 6.08. The summed E-state index contributed by atoms with van der Waals surface area (Å²) >= 11 is 0. The first kappa shape index (κ1) is 23.3. The molecule has 1 heterocycles. The van der Waals surface area contributed by atoms with E-state index in [9.17, 15) is 14.4 Å². The molecule has 1 saturated heterocycles. The molecule has 7 nitrogen and oxygen atoms in total. The minimum atomic E-state index is -0.829. The van der Waals surface area contributed by atoms with Crippen molar-refractivity contribution in [3.63, 3.8) is 0 Å². The average Bonchev–Trinajstić information content (AvgIpc) is 2.97. The van der Waals surface area contributed by atoms with E-state index in [0.717, 1.165) is 30.7 Å². The molecule has 0 unspecified atom stereocenters. The van der Waals surface area contributed by atoms with E-state index in [1.807, 2.05) is 5.32 Å². The van der Waals surface area contributed by atoms with Gasteiger partial charge in [0.15, 0.2) is 6.54 Å². The molecule has 4 N–H and O–H groups in total. The third-order valence-corrected chi connectivity index (χ3v) is 6.88. The van der Waals surface area contributed by atoms with E-state index in [-0.39, 0.29) is 24.4 Å². The van der Waals surface area contributed by atoms with Gasteiger partial charge in [0, 0.05) is 11.5 Å². The van der Waals surface area contributed by atoms with Gasteiger partial charge in [-0.1, -0.05) is 71.2 Å². The van der Waals surface area contributed by atoms with Crippen molar-refractivity contribution in [2.75, 3.05) is 6.54 Å². The number of amides is 4. The van der Waals surface area contributed by atoms with Crippen LogP contribution in [0.25, 0.3) is 0 Å². The first-order chi connectivity index (χ1) is 14.8. The van der Waals surface area contributed by atoms with Gasteiger partial charge < -0.3 is 10.6 Å². The zero-order chi connectivity index (χ0) is 22.6. The number of carbonyl (C=O) groups excluding carboxylic acids is 3. The van der Waals surface area contributed by atoms with Crippen molar-refractivity contribution >= 4 is 17.8 Å². The Morgan fingerprint density at radius 2 is 1.71 bits per heavy atom. The Bertz CT molecular complexity index is 800. The van der Waals surface area contributed by atoms with Crippen molar-refractivity contribution in [3.8, 4) is 0 Å². The van der Waals surface area contributed by atoms with Crippen LogP contribution in [0.3, 0.4) is 0 Å². The van der Waals surface area contributed by atoms with Crippen molar-refractivity contribution in [2.45, 2.75) is 83.7 Å². The Kier molecular flexibility index (Phi) is 7.36. The molecule has 2 fully saturated rings. The lowest BCUT2D eigenvalue weighted by molar-refractivity contribution is -0.692. The molecule has 170 valence electrons. The largest absolute Gasteiger partial charge is 0.344 e. The van der Waals surface area contributed by atoms with E-state index in [2.05, 4.69) is 62.7 Å². The predicted octanol–water partition coefficient (Wildman–Crippen LogP) is 2.75. The molecule has 2 aliphatic rings. The summed E-state index contributed by atoms with van der Waals surface area (Å²) in [6, 6.07) is 8.22. The number of nitrogens with one attached hydrogen (secondary N) is 2. The molecule has 1 spiro atoms. The minimum absolute atomic E-state index is 0.115. The molecule has 2 atom stereocenters. The number of quaternary nitrogens is 1. The summed E-state index contributed by atoms with van der Waals surface area (Å²) in [5.41, 5.74) is 4.19. The highest BCUT2D eigenvalue weighted by Crippen LogP contribution is 2.33. The van der Waals surface area contributed by atoms with Crippen LogP contribution in [0.15, 0.2) is 24.3 Å². The molecule has 3 rings (SSSR count). The van der Waals surface area contributed by atoms with Gasteiger partial charge in [0.1, 0.15) is 11.6 Å². The summed E-state index contributed by atoms with van der Waals surface area (Å²) in [7, 11) is 0. The minimum Gasteiger partial charge on any atom is -0.332 e. The van der Waals surface area contributed by atoms with Crippen LogP contribution < -0.4 is 16.1 Å². The lowest BCUT2D eigenvalue weighted by Crippen LogP contribution is -2.88. The molecule has 0 radical (unpaired) electrons. The van der Waals surface area contributed by atoms with E-state index in [1.165, 1.54) is 11.1 Å². The van der Waals surface area contributed by atoms with Crippen LogP contribution in [0.4, 0.5) is 4.79 Å². The second kappa shape index (κ2) is 9.81. The fraction of sp³-hybridized carbons (Fsp3) is 0.625. The van der Waals surface area contributed by atoms with Crippen molar-refractivity contribution < 1.29 is 19.7 Å². The lowest BCUT2D eigenvalue weighted by atomic mass is 9.82. The quantitative estimate of drug-likeness (QED) is 0.555. The van der Waals surface area contributed by atoms with E-state index in [4.69, 9.17) is 0 Å². The molecule has 0 bridgehead atoms. The van der Waals surface area contributed by atoms with Crippen molar-refractivity contribution in [3.05, 3.63) is 35.4 Å². The number of hydrogen-bond acceptors (Lipinski definition) is 3. The molecule has 1 saturated carbocycles. The van der Waals surface area contributed by atoms with Crippen LogP contribution in [0, 0.1) is 5.92 Å².